The predicted octanol–water partition coefficient (Wildman–Crippen LogP) is 5.07. The smallest absolute Gasteiger partial charge is 0.270 e. The van der Waals surface area contributed by atoms with E-state index in [1.807, 2.05) is 24.3 Å². The Bertz CT molecular complexity index is 1830. The second-order valence-corrected chi connectivity index (χ2v) is 14.5. The Morgan fingerprint density at radius 2 is 1.67 bits per heavy atom. The number of piperazine rings is 1. The highest BCUT2D eigenvalue weighted by Crippen LogP contribution is 2.45. The van der Waals surface area contributed by atoms with Crippen molar-refractivity contribution in [3.05, 3.63) is 92.8 Å². The third-order valence-corrected chi connectivity index (χ3v) is 10.8. The van der Waals surface area contributed by atoms with E-state index in [0.29, 0.717) is 21.4 Å². The lowest BCUT2D eigenvalue weighted by atomic mass is 9.92. The average Bonchev–Trinajstić information content (AvgIpc) is 3.65. The lowest BCUT2D eigenvalue weighted by Gasteiger charge is -2.34. The molecule has 1 atom stereocenters. The summed E-state index contributed by atoms with van der Waals surface area (Å²) < 4.78 is 33.8. The van der Waals surface area contributed by atoms with Gasteiger partial charge in [0, 0.05) is 60.4 Å². The van der Waals surface area contributed by atoms with Crippen molar-refractivity contribution < 1.29 is 18.0 Å². The van der Waals surface area contributed by atoms with Crippen LogP contribution in [0.15, 0.2) is 76.5 Å². The van der Waals surface area contributed by atoms with Crippen molar-refractivity contribution >= 4 is 72.6 Å². The zero-order valence-electron chi connectivity index (χ0n) is 23.2. The van der Waals surface area contributed by atoms with Crippen LogP contribution in [-0.4, -0.2) is 69.7 Å². The number of hydrogen-bond donors (Lipinski definition) is 0. The molecule has 14 heteroatoms. The van der Waals surface area contributed by atoms with Crippen molar-refractivity contribution in [3.8, 4) is 0 Å². The summed E-state index contributed by atoms with van der Waals surface area (Å²) in [6.45, 7) is 2.37. The van der Waals surface area contributed by atoms with Gasteiger partial charge in [-0.15, -0.1) is 0 Å². The van der Waals surface area contributed by atoms with E-state index in [1.54, 1.807) is 60.0 Å². The molecule has 0 N–H and O–H groups in total. The molecule has 0 radical (unpaired) electrons. The number of benzene rings is 2. The highest BCUT2D eigenvalue weighted by atomic mass is 79.9. The van der Waals surface area contributed by atoms with Crippen molar-refractivity contribution in [2.45, 2.75) is 23.9 Å². The Morgan fingerprint density at radius 3 is 2.28 bits per heavy atom. The fourth-order valence-electron chi connectivity index (χ4n) is 5.72. The summed E-state index contributed by atoms with van der Waals surface area (Å²) in [6.07, 6.45) is 3.29. The number of carbonyl (C=O) groups excluding carboxylic acids is 2. The van der Waals surface area contributed by atoms with Gasteiger partial charge in [-0.25, -0.2) is 18.3 Å². The van der Waals surface area contributed by atoms with Gasteiger partial charge in [0.2, 0.25) is 5.95 Å². The first-order chi connectivity index (χ1) is 20.4. The van der Waals surface area contributed by atoms with Gasteiger partial charge in [0.15, 0.2) is 5.03 Å². The fourth-order valence-corrected chi connectivity index (χ4v) is 8.11. The Hall–Kier alpha value is -3.16. The van der Waals surface area contributed by atoms with Crippen LogP contribution in [0.4, 0.5) is 11.6 Å². The second kappa shape index (κ2) is 11.1. The molecular weight excluding hydrogens is 679 g/mol. The topological polar surface area (TPSA) is 101 Å². The molecule has 0 aliphatic carbocycles. The van der Waals surface area contributed by atoms with Crippen LogP contribution >= 0.6 is 39.1 Å². The molecule has 4 aromatic rings. The Kier molecular flexibility index (Phi) is 7.70. The van der Waals surface area contributed by atoms with E-state index in [9.17, 15) is 18.0 Å². The molecule has 2 aliphatic rings. The maximum atomic E-state index is 14.3. The number of aryl methyl sites for hydroxylation is 1. The molecule has 0 bridgehead atoms. The van der Waals surface area contributed by atoms with Crippen LogP contribution in [0, 0.1) is 0 Å². The maximum absolute atomic E-state index is 14.3. The molecule has 0 spiro atoms. The van der Waals surface area contributed by atoms with Crippen LogP contribution < -0.4 is 4.90 Å². The van der Waals surface area contributed by atoms with Gasteiger partial charge in [-0.05, 0) is 55.0 Å². The third kappa shape index (κ3) is 5.18. The number of amides is 2. The van der Waals surface area contributed by atoms with E-state index >= 15 is 0 Å². The predicted molar refractivity (Wildman–Crippen MR) is 167 cm³/mol. The maximum Gasteiger partial charge on any atom is 0.270 e. The van der Waals surface area contributed by atoms with Crippen LogP contribution in [0.5, 0.6) is 0 Å². The Balaban J connectivity index is 1.37. The molecule has 2 aromatic heterocycles. The molecule has 0 saturated carbocycles. The normalized spacial score (nSPS) is 19.2. The van der Waals surface area contributed by atoms with E-state index in [1.165, 1.54) is 20.0 Å². The summed E-state index contributed by atoms with van der Waals surface area (Å²) in [5.41, 5.74) is 0.404. The summed E-state index contributed by atoms with van der Waals surface area (Å²) in [7, 11) is -2.33. The van der Waals surface area contributed by atoms with Crippen molar-refractivity contribution in [3.63, 3.8) is 0 Å². The Morgan fingerprint density at radius 1 is 1.02 bits per heavy atom. The number of hydrogen-bond acceptors (Lipinski definition) is 5. The molecule has 2 aliphatic heterocycles. The molecular formula is C29H27BrCl2N6O4S. The lowest BCUT2D eigenvalue weighted by molar-refractivity contribution is -0.124. The van der Waals surface area contributed by atoms with Crippen molar-refractivity contribution in [1.82, 2.24) is 23.3 Å². The zero-order chi connectivity index (χ0) is 30.7. The number of nitrogens with zero attached hydrogens (tertiary/aromatic N) is 6. The van der Waals surface area contributed by atoms with Crippen LogP contribution in [0.2, 0.25) is 10.0 Å². The molecule has 6 rings (SSSR count). The van der Waals surface area contributed by atoms with Gasteiger partial charge in [-0.1, -0.05) is 51.3 Å². The fraction of sp³-hybridized carbons (Fsp3) is 0.276. The zero-order valence-corrected chi connectivity index (χ0v) is 27.2. The van der Waals surface area contributed by atoms with Gasteiger partial charge < -0.3 is 9.47 Å². The van der Waals surface area contributed by atoms with Crippen LogP contribution in [0.25, 0.3) is 0 Å². The Labute approximate surface area is 267 Å². The van der Waals surface area contributed by atoms with Crippen LogP contribution in [0.3, 0.4) is 0 Å². The lowest BCUT2D eigenvalue weighted by Crippen LogP contribution is -2.51. The minimum atomic E-state index is -4.12. The molecule has 1 unspecified atom stereocenters. The summed E-state index contributed by atoms with van der Waals surface area (Å²) in [4.78, 5) is 34.8. The minimum Gasteiger partial charge on any atom is -0.347 e. The van der Waals surface area contributed by atoms with Gasteiger partial charge in [0.1, 0.15) is 11.2 Å². The van der Waals surface area contributed by atoms with E-state index in [4.69, 9.17) is 23.2 Å². The van der Waals surface area contributed by atoms with Crippen molar-refractivity contribution in [2.24, 2.45) is 7.05 Å². The first-order valence-corrected chi connectivity index (χ1v) is 16.4. The summed E-state index contributed by atoms with van der Waals surface area (Å²) in [6, 6.07) is 15.8. The minimum absolute atomic E-state index is 0.101. The molecule has 43 heavy (non-hydrogen) atoms. The highest BCUT2D eigenvalue weighted by Gasteiger charge is 2.52. The molecule has 224 valence electrons. The van der Waals surface area contributed by atoms with Crippen LogP contribution in [-0.2, 0) is 33.8 Å². The van der Waals surface area contributed by atoms with Gasteiger partial charge in [-0.2, -0.15) is 4.31 Å². The van der Waals surface area contributed by atoms with Gasteiger partial charge in [0.25, 0.3) is 21.8 Å². The standard InChI is InChI=1S/C29H27BrCl2N6O4S/c1-29(17-19-5-7-20(30)8-6-19)27(40)37(23-15-21(31)14-22(32)16-23)28-33-18-25(38(28)29)43(41,42)36-12-10-35(11-13-36)26(39)24-4-3-9-34(24)2/h3-9,14-16,18H,10-13,17H2,1-2H3. The quantitative estimate of drug-likeness (QED) is 0.279. The van der Waals surface area contributed by atoms with Crippen molar-refractivity contribution in [1.29, 1.82) is 0 Å². The van der Waals surface area contributed by atoms with E-state index in [2.05, 4.69) is 20.9 Å². The van der Waals surface area contributed by atoms with E-state index in [0.717, 1.165) is 10.0 Å². The summed E-state index contributed by atoms with van der Waals surface area (Å²) in [5.74, 6) is -0.372. The number of sulfonamides is 1. The summed E-state index contributed by atoms with van der Waals surface area (Å²) >= 11 is 16.0. The van der Waals surface area contributed by atoms with E-state index < -0.39 is 15.6 Å². The third-order valence-electron chi connectivity index (χ3n) is 7.93. The molecule has 2 aromatic carbocycles. The van der Waals surface area contributed by atoms with Crippen LogP contribution in [0.1, 0.15) is 23.0 Å². The number of imidazole rings is 1. The first-order valence-electron chi connectivity index (χ1n) is 13.4. The highest BCUT2D eigenvalue weighted by molar-refractivity contribution is 9.10. The first kappa shape index (κ1) is 29.9. The average molecular weight is 706 g/mol. The van der Waals surface area contributed by atoms with Crippen molar-refractivity contribution in [2.75, 3.05) is 31.1 Å². The number of carbonyl (C=O) groups is 2. The monoisotopic (exact) mass is 704 g/mol. The number of aromatic nitrogens is 3. The molecule has 4 heterocycles. The number of fused-ring (bicyclic) bond motifs is 1. The number of halogens is 3. The molecule has 10 nitrogen and oxygen atoms in total. The molecule has 2 amide bonds. The number of rotatable bonds is 6. The summed E-state index contributed by atoms with van der Waals surface area (Å²) in [5, 5.41) is 0.546. The number of anilines is 2. The second-order valence-electron chi connectivity index (χ2n) is 10.8. The van der Waals surface area contributed by atoms with Gasteiger partial charge in [0.05, 0.1) is 11.9 Å². The van der Waals surface area contributed by atoms with E-state index in [-0.39, 0.29) is 55.4 Å². The SMILES string of the molecule is Cn1cccc1C(=O)N1CCN(S(=O)(=O)c2cnc3n2C(C)(Cc2ccc(Br)cc2)C(=O)N3c2cc(Cl)cc(Cl)c2)CC1. The molecule has 1 saturated heterocycles. The van der Waals surface area contributed by atoms with Gasteiger partial charge >= 0.3 is 0 Å². The largest absolute Gasteiger partial charge is 0.347 e. The molecule has 1 fully saturated rings. The van der Waals surface area contributed by atoms with Gasteiger partial charge in [-0.3, -0.25) is 14.2 Å².